The molecule has 4 nitrogen and oxygen atoms in total. The normalized spacial score (nSPS) is 18.3. The van der Waals surface area contributed by atoms with Crippen molar-refractivity contribution in [2.45, 2.75) is 18.5 Å². The summed E-state index contributed by atoms with van der Waals surface area (Å²) in [6, 6.07) is 13.3. The third-order valence-corrected chi connectivity index (χ3v) is 4.82. The predicted octanol–water partition coefficient (Wildman–Crippen LogP) is 3.41. The van der Waals surface area contributed by atoms with Crippen molar-refractivity contribution < 1.29 is 13.9 Å². The molecular formula is C20H22ClFN2O2. The number of morpholine rings is 1. The van der Waals surface area contributed by atoms with Crippen molar-refractivity contribution in [1.29, 1.82) is 0 Å². The van der Waals surface area contributed by atoms with Crippen molar-refractivity contribution in [2.24, 2.45) is 0 Å². The van der Waals surface area contributed by atoms with Crippen molar-refractivity contribution in [2.75, 3.05) is 26.8 Å². The number of nitrogens with one attached hydrogen (secondary N) is 1. The van der Waals surface area contributed by atoms with Gasteiger partial charge in [0.05, 0.1) is 19.3 Å². The quantitative estimate of drug-likeness (QED) is 0.869. The van der Waals surface area contributed by atoms with E-state index in [1.165, 1.54) is 12.1 Å². The van der Waals surface area contributed by atoms with Gasteiger partial charge in [0.2, 0.25) is 5.91 Å². The van der Waals surface area contributed by atoms with Crippen LogP contribution in [0.4, 0.5) is 4.39 Å². The van der Waals surface area contributed by atoms with Crippen LogP contribution in [0.3, 0.4) is 0 Å². The average molecular weight is 377 g/mol. The molecule has 2 unspecified atom stereocenters. The van der Waals surface area contributed by atoms with Crippen molar-refractivity contribution in [3.05, 3.63) is 70.5 Å². The molecule has 1 saturated heterocycles. The molecule has 3 rings (SSSR count). The van der Waals surface area contributed by atoms with E-state index >= 15 is 0 Å². The van der Waals surface area contributed by atoms with Gasteiger partial charge in [0.15, 0.2) is 0 Å². The summed E-state index contributed by atoms with van der Waals surface area (Å²) in [4.78, 5) is 14.6. The first-order valence-electron chi connectivity index (χ1n) is 8.62. The summed E-state index contributed by atoms with van der Waals surface area (Å²) in [7, 11) is 1.77. The fraction of sp³-hybridized carbons (Fsp3) is 0.350. The van der Waals surface area contributed by atoms with Gasteiger partial charge in [0.25, 0.3) is 0 Å². The zero-order valence-electron chi connectivity index (χ0n) is 14.6. The highest BCUT2D eigenvalue weighted by atomic mass is 35.5. The zero-order chi connectivity index (χ0) is 18.5. The fourth-order valence-corrected chi connectivity index (χ4v) is 3.31. The number of ether oxygens (including phenoxy) is 1. The molecule has 2 atom stereocenters. The molecule has 1 heterocycles. The number of carbonyl (C=O) groups excluding carboxylic acids is 1. The third-order valence-electron chi connectivity index (χ3n) is 4.57. The second-order valence-corrected chi connectivity index (χ2v) is 6.88. The van der Waals surface area contributed by atoms with Crippen LogP contribution in [-0.4, -0.2) is 43.7 Å². The topological polar surface area (TPSA) is 41.6 Å². The predicted molar refractivity (Wildman–Crippen MR) is 99.7 cm³/mol. The van der Waals surface area contributed by atoms with Gasteiger partial charge in [-0.25, -0.2) is 4.39 Å². The van der Waals surface area contributed by atoms with Gasteiger partial charge in [0.1, 0.15) is 5.82 Å². The molecule has 1 amide bonds. The van der Waals surface area contributed by atoms with Gasteiger partial charge in [-0.3, -0.25) is 4.79 Å². The van der Waals surface area contributed by atoms with Gasteiger partial charge in [-0.2, -0.15) is 0 Å². The molecule has 0 aliphatic carbocycles. The smallest absolute Gasteiger partial charge is 0.224 e. The van der Waals surface area contributed by atoms with Gasteiger partial charge in [-0.1, -0.05) is 35.9 Å². The minimum Gasteiger partial charge on any atom is -0.378 e. The lowest BCUT2D eigenvalue weighted by Gasteiger charge is -2.31. The zero-order valence-corrected chi connectivity index (χ0v) is 15.4. The summed E-state index contributed by atoms with van der Waals surface area (Å²) < 4.78 is 18.8. The van der Waals surface area contributed by atoms with E-state index in [0.29, 0.717) is 24.7 Å². The molecule has 0 spiro atoms. The van der Waals surface area contributed by atoms with Crippen molar-refractivity contribution in [3.63, 3.8) is 0 Å². The number of benzene rings is 2. The average Bonchev–Trinajstić information content (AvgIpc) is 2.65. The van der Waals surface area contributed by atoms with Gasteiger partial charge in [0, 0.05) is 31.1 Å². The molecule has 0 radical (unpaired) electrons. The number of nitrogens with zero attached hydrogens (tertiary/aromatic N) is 1. The molecule has 0 saturated carbocycles. The number of amides is 1. The fourth-order valence-electron chi connectivity index (χ4n) is 3.18. The highest BCUT2D eigenvalue weighted by molar-refractivity contribution is 6.30. The highest BCUT2D eigenvalue weighted by Crippen LogP contribution is 2.29. The first kappa shape index (κ1) is 18.8. The lowest BCUT2D eigenvalue weighted by molar-refractivity contribution is -0.132. The number of hydrogen-bond donors (Lipinski definition) is 1. The van der Waals surface area contributed by atoms with Gasteiger partial charge in [-0.05, 0) is 35.4 Å². The van der Waals surface area contributed by atoms with E-state index in [1.807, 2.05) is 12.1 Å². The Bertz CT molecular complexity index is 685. The summed E-state index contributed by atoms with van der Waals surface area (Å²) in [5.74, 6) is -0.307. The van der Waals surface area contributed by atoms with E-state index in [4.69, 9.17) is 16.3 Å². The maximum atomic E-state index is 13.4. The number of carbonyl (C=O) groups is 1. The van der Waals surface area contributed by atoms with Crippen molar-refractivity contribution in [3.8, 4) is 0 Å². The van der Waals surface area contributed by atoms with E-state index in [0.717, 1.165) is 17.7 Å². The molecule has 1 aliphatic heterocycles. The van der Waals surface area contributed by atoms with Crippen LogP contribution >= 0.6 is 11.6 Å². The Hall–Kier alpha value is -1.95. The Morgan fingerprint density at radius 3 is 2.42 bits per heavy atom. The molecule has 2 aromatic rings. The van der Waals surface area contributed by atoms with Crippen LogP contribution in [0.1, 0.15) is 23.6 Å². The monoisotopic (exact) mass is 376 g/mol. The Labute approximate surface area is 157 Å². The minimum absolute atomic E-state index is 0.00252. The van der Waals surface area contributed by atoms with Crippen LogP contribution in [0, 0.1) is 5.82 Å². The third kappa shape index (κ3) is 4.61. The van der Waals surface area contributed by atoms with Crippen LogP contribution in [-0.2, 0) is 9.53 Å². The standard InChI is InChI=1S/C20H22ClFN2O2/c1-24(19(25)12-18-13-26-11-10-23-18)20(14-2-6-16(21)7-3-14)15-4-8-17(22)9-5-15/h2-9,18,20,23H,10-13H2,1H3. The van der Waals surface area contributed by atoms with E-state index < -0.39 is 0 Å². The van der Waals surface area contributed by atoms with Crippen LogP contribution in [0.25, 0.3) is 0 Å². The molecule has 0 bridgehead atoms. The molecule has 1 fully saturated rings. The molecule has 2 aromatic carbocycles. The summed E-state index contributed by atoms with van der Waals surface area (Å²) in [5.41, 5.74) is 1.77. The van der Waals surface area contributed by atoms with Gasteiger partial charge in [-0.15, -0.1) is 0 Å². The van der Waals surface area contributed by atoms with Crippen molar-refractivity contribution >= 4 is 17.5 Å². The lowest BCUT2D eigenvalue weighted by atomic mass is 9.96. The first-order valence-corrected chi connectivity index (χ1v) is 9.00. The van der Waals surface area contributed by atoms with Crippen LogP contribution < -0.4 is 5.32 Å². The second kappa shape index (κ2) is 8.62. The Kier molecular flexibility index (Phi) is 6.25. The highest BCUT2D eigenvalue weighted by Gasteiger charge is 2.26. The maximum Gasteiger partial charge on any atom is 0.224 e. The Morgan fingerprint density at radius 2 is 1.85 bits per heavy atom. The molecule has 0 aromatic heterocycles. The SMILES string of the molecule is CN(C(=O)CC1COCCN1)C(c1ccc(F)cc1)c1ccc(Cl)cc1. The van der Waals surface area contributed by atoms with Crippen LogP contribution in [0.2, 0.25) is 5.02 Å². The number of rotatable bonds is 5. The van der Waals surface area contributed by atoms with Gasteiger partial charge < -0.3 is 15.0 Å². The van der Waals surface area contributed by atoms with E-state index in [2.05, 4.69) is 5.32 Å². The lowest BCUT2D eigenvalue weighted by Crippen LogP contribution is -2.45. The van der Waals surface area contributed by atoms with Crippen molar-refractivity contribution in [1.82, 2.24) is 10.2 Å². The first-order chi connectivity index (χ1) is 12.5. The van der Waals surface area contributed by atoms with Gasteiger partial charge >= 0.3 is 0 Å². The van der Waals surface area contributed by atoms with Crippen LogP contribution in [0.15, 0.2) is 48.5 Å². The molecule has 26 heavy (non-hydrogen) atoms. The Morgan fingerprint density at radius 1 is 1.23 bits per heavy atom. The summed E-state index contributed by atoms with van der Waals surface area (Å²) in [5, 5.41) is 3.93. The molecular weight excluding hydrogens is 355 g/mol. The number of hydrogen-bond acceptors (Lipinski definition) is 3. The minimum atomic E-state index is -0.315. The van der Waals surface area contributed by atoms with E-state index in [-0.39, 0.29) is 23.8 Å². The molecule has 138 valence electrons. The molecule has 1 N–H and O–H groups in total. The van der Waals surface area contributed by atoms with E-state index in [9.17, 15) is 9.18 Å². The molecule has 1 aliphatic rings. The summed E-state index contributed by atoms with van der Waals surface area (Å²) in [6.45, 7) is 1.95. The summed E-state index contributed by atoms with van der Waals surface area (Å²) in [6.07, 6.45) is 0.349. The molecule has 6 heteroatoms. The maximum absolute atomic E-state index is 13.4. The van der Waals surface area contributed by atoms with E-state index in [1.54, 1.807) is 36.2 Å². The summed E-state index contributed by atoms with van der Waals surface area (Å²) >= 11 is 6.00. The van der Waals surface area contributed by atoms with Crippen LogP contribution in [0.5, 0.6) is 0 Å². The Balaban J connectivity index is 1.85. The number of halogens is 2. The second-order valence-electron chi connectivity index (χ2n) is 6.44. The largest absolute Gasteiger partial charge is 0.378 e.